The molecule has 0 aromatic heterocycles. The number of unbranched alkanes of at least 4 members (excludes halogenated alkanes) is 2. The Bertz CT molecular complexity index is 923. The van der Waals surface area contributed by atoms with Crippen LogP contribution >= 0.6 is 0 Å². The number of phenolic OH excluding ortho intramolecular Hbond substituents is 1. The highest BCUT2D eigenvalue weighted by Crippen LogP contribution is 2.11. The van der Waals surface area contributed by atoms with E-state index in [1.807, 2.05) is 42.5 Å². The Balaban J connectivity index is 1.36. The smallest absolute Gasteiger partial charge is 0.251 e. The lowest BCUT2D eigenvalue weighted by Crippen LogP contribution is -2.27. The fraction of sp³-hybridized carbons (Fsp3) is 0.296. The van der Waals surface area contributed by atoms with E-state index in [1.165, 1.54) is 11.1 Å². The van der Waals surface area contributed by atoms with Gasteiger partial charge in [-0.1, -0.05) is 67.1 Å². The van der Waals surface area contributed by atoms with Crippen molar-refractivity contribution in [3.8, 4) is 5.75 Å². The highest BCUT2D eigenvalue weighted by Gasteiger charge is 2.10. The second-order valence-electron chi connectivity index (χ2n) is 7.80. The van der Waals surface area contributed by atoms with Crippen molar-refractivity contribution in [1.29, 1.82) is 0 Å². The summed E-state index contributed by atoms with van der Waals surface area (Å²) in [6.07, 6.45) is 5.20. The van der Waals surface area contributed by atoms with Gasteiger partial charge in [-0.3, -0.25) is 4.79 Å². The molecular formula is C27H32N2O2. The molecule has 4 nitrogen and oxygen atoms in total. The van der Waals surface area contributed by atoms with E-state index in [1.54, 1.807) is 12.1 Å². The van der Waals surface area contributed by atoms with Gasteiger partial charge in [0.25, 0.3) is 5.91 Å². The summed E-state index contributed by atoms with van der Waals surface area (Å²) in [7, 11) is 0. The molecule has 3 aromatic rings. The van der Waals surface area contributed by atoms with Gasteiger partial charge >= 0.3 is 0 Å². The van der Waals surface area contributed by atoms with Crippen LogP contribution in [-0.2, 0) is 19.4 Å². The predicted octanol–water partition coefficient (Wildman–Crippen LogP) is 4.87. The molecule has 0 bridgehead atoms. The number of rotatable bonds is 12. The zero-order valence-corrected chi connectivity index (χ0v) is 18.0. The van der Waals surface area contributed by atoms with E-state index >= 15 is 0 Å². The van der Waals surface area contributed by atoms with Gasteiger partial charge in [0.15, 0.2) is 0 Å². The maximum Gasteiger partial charge on any atom is 0.251 e. The van der Waals surface area contributed by atoms with Crippen LogP contribution < -0.4 is 10.6 Å². The molecule has 0 spiro atoms. The second-order valence-corrected chi connectivity index (χ2v) is 7.80. The summed E-state index contributed by atoms with van der Waals surface area (Å²) in [5.41, 5.74) is 4.29. The maximum atomic E-state index is 12.6. The van der Waals surface area contributed by atoms with Crippen molar-refractivity contribution in [3.05, 3.63) is 101 Å². The number of benzene rings is 3. The number of aryl methyl sites for hydroxylation is 1. The number of amides is 1. The Hall–Kier alpha value is -3.11. The van der Waals surface area contributed by atoms with Crippen LogP contribution in [0.4, 0.5) is 0 Å². The lowest BCUT2D eigenvalue weighted by Gasteiger charge is -2.11. The molecule has 0 radical (unpaired) electrons. The molecule has 0 unspecified atom stereocenters. The van der Waals surface area contributed by atoms with Crippen LogP contribution in [0.1, 0.15) is 46.3 Å². The summed E-state index contributed by atoms with van der Waals surface area (Å²) in [6, 6.07) is 25.6. The highest BCUT2D eigenvalue weighted by molar-refractivity contribution is 5.95. The van der Waals surface area contributed by atoms with Crippen molar-refractivity contribution in [3.63, 3.8) is 0 Å². The van der Waals surface area contributed by atoms with Gasteiger partial charge in [-0.2, -0.15) is 0 Å². The molecule has 0 aliphatic carbocycles. The van der Waals surface area contributed by atoms with Gasteiger partial charge in [0.1, 0.15) is 5.75 Å². The lowest BCUT2D eigenvalue weighted by molar-refractivity contribution is 0.0952. The third-order valence-electron chi connectivity index (χ3n) is 5.37. The summed E-state index contributed by atoms with van der Waals surface area (Å²) >= 11 is 0. The van der Waals surface area contributed by atoms with E-state index in [4.69, 9.17) is 0 Å². The molecule has 3 rings (SSSR count). The predicted molar refractivity (Wildman–Crippen MR) is 126 cm³/mol. The molecule has 0 aliphatic rings. The van der Waals surface area contributed by atoms with Gasteiger partial charge in [0, 0.05) is 18.7 Å². The van der Waals surface area contributed by atoms with Crippen molar-refractivity contribution >= 4 is 5.91 Å². The van der Waals surface area contributed by atoms with E-state index in [2.05, 4.69) is 34.9 Å². The third-order valence-corrected chi connectivity index (χ3v) is 5.37. The minimum atomic E-state index is -0.000932. The number of nitrogens with one attached hydrogen (secondary N) is 2. The SMILES string of the molecule is O=C(NCCCCCc1ccccc1)c1ccccc1CNCCc1ccc(O)cc1. The Morgan fingerprint density at radius 2 is 1.42 bits per heavy atom. The van der Waals surface area contributed by atoms with E-state index in [-0.39, 0.29) is 11.7 Å². The van der Waals surface area contributed by atoms with E-state index < -0.39 is 0 Å². The molecule has 162 valence electrons. The molecule has 3 N–H and O–H groups in total. The molecule has 4 heteroatoms. The van der Waals surface area contributed by atoms with Crippen molar-refractivity contribution in [2.24, 2.45) is 0 Å². The quantitative estimate of drug-likeness (QED) is 0.369. The fourth-order valence-corrected chi connectivity index (χ4v) is 3.59. The van der Waals surface area contributed by atoms with Gasteiger partial charge in [-0.25, -0.2) is 0 Å². The van der Waals surface area contributed by atoms with Crippen LogP contribution in [0.3, 0.4) is 0 Å². The van der Waals surface area contributed by atoms with Gasteiger partial charge < -0.3 is 15.7 Å². The summed E-state index contributed by atoms with van der Waals surface area (Å²) in [5.74, 6) is 0.284. The number of carbonyl (C=O) groups excluding carboxylic acids is 1. The largest absolute Gasteiger partial charge is 0.508 e. The first kappa shape index (κ1) is 22.6. The number of aromatic hydroxyl groups is 1. The van der Waals surface area contributed by atoms with Gasteiger partial charge in [0.2, 0.25) is 0 Å². The first-order valence-corrected chi connectivity index (χ1v) is 11.1. The minimum absolute atomic E-state index is 0.000932. The Morgan fingerprint density at radius 3 is 2.23 bits per heavy atom. The van der Waals surface area contributed by atoms with E-state index in [0.717, 1.165) is 49.8 Å². The molecule has 0 aliphatic heterocycles. The summed E-state index contributed by atoms with van der Waals surface area (Å²) < 4.78 is 0. The minimum Gasteiger partial charge on any atom is -0.508 e. The maximum absolute atomic E-state index is 12.6. The van der Waals surface area contributed by atoms with Gasteiger partial charge in [0.05, 0.1) is 0 Å². The molecule has 0 saturated carbocycles. The molecule has 1 amide bonds. The van der Waals surface area contributed by atoms with Crippen LogP contribution in [-0.4, -0.2) is 24.1 Å². The van der Waals surface area contributed by atoms with E-state index in [9.17, 15) is 9.90 Å². The zero-order valence-electron chi connectivity index (χ0n) is 18.0. The van der Waals surface area contributed by atoms with E-state index in [0.29, 0.717) is 13.1 Å². The lowest BCUT2D eigenvalue weighted by atomic mass is 10.1. The van der Waals surface area contributed by atoms with Gasteiger partial charge in [-0.05, 0) is 67.1 Å². The van der Waals surface area contributed by atoms with Crippen LogP contribution in [0, 0.1) is 0 Å². The Labute approximate surface area is 185 Å². The molecule has 0 atom stereocenters. The van der Waals surface area contributed by atoms with Crippen molar-refractivity contribution < 1.29 is 9.90 Å². The molecule has 0 saturated heterocycles. The topological polar surface area (TPSA) is 61.4 Å². The normalized spacial score (nSPS) is 10.7. The van der Waals surface area contributed by atoms with Crippen molar-refractivity contribution in [2.45, 2.75) is 38.6 Å². The summed E-state index contributed by atoms with van der Waals surface area (Å²) in [5, 5.41) is 15.8. The number of carbonyl (C=O) groups is 1. The average molecular weight is 417 g/mol. The number of hydrogen-bond acceptors (Lipinski definition) is 3. The second kappa shape index (κ2) is 12.6. The molecular weight excluding hydrogens is 384 g/mol. The van der Waals surface area contributed by atoms with Gasteiger partial charge in [-0.15, -0.1) is 0 Å². The molecule has 3 aromatic carbocycles. The van der Waals surface area contributed by atoms with Crippen LogP contribution in [0.15, 0.2) is 78.9 Å². The van der Waals surface area contributed by atoms with Crippen molar-refractivity contribution in [2.75, 3.05) is 13.1 Å². The van der Waals surface area contributed by atoms with Crippen LogP contribution in [0.25, 0.3) is 0 Å². The number of phenols is 1. The summed E-state index contributed by atoms with van der Waals surface area (Å²) in [4.78, 5) is 12.6. The number of hydrogen-bond donors (Lipinski definition) is 3. The van der Waals surface area contributed by atoms with Crippen LogP contribution in [0.5, 0.6) is 5.75 Å². The standard InChI is InChI=1S/C27H32N2O2/c30-25-16-14-23(15-17-25)18-20-28-21-24-12-6-7-13-26(24)27(31)29-19-8-2-5-11-22-9-3-1-4-10-22/h1,3-4,6-7,9-10,12-17,28,30H,2,5,8,11,18-21H2,(H,29,31). The van der Waals surface area contributed by atoms with Crippen molar-refractivity contribution in [1.82, 2.24) is 10.6 Å². The first-order valence-electron chi connectivity index (χ1n) is 11.1. The molecule has 31 heavy (non-hydrogen) atoms. The average Bonchev–Trinajstić information content (AvgIpc) is 2.81. The Kier molecular flexibility index (Phi) is 9.14. The monoisotopic (exact) mass is 416 g/mol. The fourth-order valence-electron chi connectivity index (χ4n) is 3.59. The zero-order chi connectivity index (χ0) is 21.7. The summed E-state index contributed by atoms with van der Waals surface area (Å²) in [6.45, 7) is 2.16. The Morgan fingerprint density at radius 1 is 0.710 bits per heavy atom. The molecule has 0 heterocycles. The molecule has 0 fully saturated rings. The van der Waals surface area contributed by atoms with Crippen LogP contribution in [0.2, 0.25) is 0 Å². The highest BCUT2D eigenvalue weighted by atomic mass is 16.3. The third kappa shape index (κ3) is 7.91. The first-order chi connectivity index (χ1) is 15.2.